The van der Waals surface area contributed by atoms with Gasteiger partial charge in [-0.2, -0.15) is 5.10 Å². The molecule has 0 aliphatic carbocycles. The van der Waals surface area contributed by atoms with Crippen LogP contribution in [0.15, 0.2) is 36.9 Å². The maximum atomic E-state index is 12.6. The molecule has 8 heteroatoms. The zero-order valence-corrected chi connectivity index (χ0v) is 14.8. The topological polar surface area (TPSA) is 82.7 Å². The van der Waals surface area contributed by atoms with E-state index in [2.05, 4.69) is 15.4 Å². The van der Waals surface area contributed by atoms with Crippen LogP contribution in [0.4, 0.5) is 0 Å². The highest BCUT2D eigenvalue weighted by Gasteiger charge is 2.32. The van der Waals surface area contributed by atoms with Crippen LogP contribution >= 0.6 is 0 Å². The SMILES string of the molecule is CCn1cc(O[C@@H]2COC[C@@H]2NC(=O)c2ccn3c(C)cnc3c2)cn1. The number of imidazole rings is 1. The van der Waals surface area contributed by atoms with Crippen LogP contribution in [0.25, 0.3) is 5.65 Å². The fourth-order valence-electron chi connectivity index (χ4n) is 3.04. The predicted molar refractivity (Wildman–Crippen MR) is 94.3 cm³/mol. The van der Waals surface area contributed by atoms with E-state index in [4.69, 9.17) is 9.47 Å². The Labute approximate surface area is 150 Å². The smallest absolute Gasteiger partial charge is 0.251 e. The molecule has 1 saturated heterocycles. The number of hydrogen-bond acceptors (Lipinski definition) is 5. The number of aromatic nitrogens is 4. The second-order valence-corrected chi connectivity index (χ2v) is 6.35. The first-order valence-corrected chi connectivity index (χ1v) is 8.65. The molecule has 4 rings (SSSR count). The highest BCUT2D eigenvalue weighted by molar-refractivity contribution is 5.95. The van der Waals surface area contributed by atoms with Crippen molar-refractivity contribution in [1.29, 1.82) is 0 Å². The van der Waals surface area contributed by atoms with Gasteiger partial charge in [-0.15, -0.1) is 0 Å². The number of fused-ring (bicyclic) bond motifs is 1. The first-order valence-electron chi connectivity index (χ1n) is 8.65. The van der Waals surface area contributed by atoms with Crippen molar-refractivity contribution >= 4 is 11.6 Å². The molecule has 1 aliphatic rings. The molecule has 3 aromatic heterocycles. The fourth-order valence-corrected chi connectivity index (χ4v) is 3.04. The molecular formula is C18H21N5O3. The summed E-state index contributed by atoms with van der Waals surface area (Å²) in [5.41, 5.74) is 2.34. The van der Waals surface area contributed by atoms with Gasteiger partial charge in [-0.1, -0.05) is 0 Å². The normalized spacial score (nSPS) is 19.8. The zero-order chi connectivity index (χ0) is 18.1. The molecule has 1 amide bonds. The minimum atomic E-state index is -0.245. The maximum absolute atomic E-state index is 12.6. The van der Waals surface area contributed by atoms with Gasteiger partial charge in [0.05, 0.1) is 31.6 Å². The standard InChI is InChI=1S/C18H21N5O3/c1-3-22-9-14(8-20-22)26-16-11-25-10-15(16)21-18(24)13-4-5-23-12(2)7-19-17(23)6-13/h4-9,15-16H,3,10-11H2,1-2H3,(H,21,24)/t15-,16+/m0/s1. The third-order valence-corrected chi connectivity index (χ3v) is 4.53. The summed E-state index contributed by atoms with van der Waals surface area (Å²) in [7, 11) is 0. The Hall–Kier alpha value is -2.87. The molecule has 8 nitrogen and oxygen atoms in total. The second-order valence-electron chi connectivity index (χ2n) is 6.35. The minimum Gasteiger partial charge on any atom is -0.482 e. The van der Waals surface area contributed by atoms with Gasteiger partial charge in [-0.05, 0) is 26.0 Å². The van der Waals surface area contributed by atoms with Gasteiger partial charge >= 0.3 is 0 Å². The molecule has 0 radical (unpaired) electrons. The number of aryl methyl sites for hydroxylation is 2. The van der Waals surface area contributed by atoms with Crippen LogP contribution in [0.3, 0.4) is 0 Å². The molecule has 1 fully saturated rings. The van der Waals surface area contributed by atoms with E-state index in [1.807, 2.05) is 30.6 Å². The van der Waals surface area contributed by atoms with Gasteiger partial charge in [0, 0.05) is 30.2 Å². The van der Waals surface area contributed by atoms with Crippen LogP contribution in [-0.4, -0.2) is 50.4 Å². The number of rotatable bonds is 5. The summed E-state index contributed by atoms with van der Waals surface area (Å²) in [4.78, 5) is 16.9. The Morgan fingerprint density at radius 1 is 1.42 bits per heavy atom. The van der Waals surface area contributed by atoms with Crippen LogP contribution in [-0.2, 0) is 11.3 Å². The van der Waals surface area contributed by atoms with Crippen molar-refractivity contribution in [3.63, 3.8) is 0 Å². The molecule has 1 N–H and O–H groups in total. The van der Waals surface area contributed by atoms with Gasteiger partial charge in [0.25, 0.3) is 5.91 Å². The van der Waals surface area contributed by atoms with E-state index >= 15 is 0 Å². The molecule has 4 heterocycles. The number of carbonyl (C=O) groups is 1. The Balaban J connectivity index is 1.44. The second kappa shape index (κ2) is 6.80. The number of nitrogens with zero attached hydrogens (tertiary/aromatic N) is 4. The summed E-state index contributed by atoms with van der Waals surface area (Å²) in [6.45, 7) is 5.61. The van der Waals surface area contributed by atoms with Crippen molar-refractivity contribution < 1.29 is 14.3 Å². The summed E-state index contributed by atoms with van der Waals surface area (Å²) < 4.78 is 15.2. The van der Waals surface area contributed by atoms with Crippen LogP contribution in [0.5, 0.6) is 5.75 Å². The predicted octanol–water partition coefficient (Wildman–Crippen LogP) is 1.44. The lowest BCUT2D eigenvalue weighted by atomic mass is 10.2. The van der Waals surface area contributed by atoms with Crippen molar-refractivity contribution in [2.24, 2.45) is 0 Å². The average Bonchev–Trinajstić information content (AvgIpc) is 3.37. The Kier molecular flexibility index (Phi) is 4.34. The average molecular weight is 355 g/mol. The lowest BCUT2D eigenvalue weighted by Crippen LogP contribution is -2.45. The van der Waals surface area contributed by atoms with E-state index < -0.39 is 0 Å². The molecular weight excluding hydrogens is 334 g/mol. The molecule has 0 aromatic carbocycles. The quantitative estimate of drug-likeness (QED) is 0.749. The van der Waals surface area contributed by atoms with E-state index in [0.717, 1.165) is 17.9 Å². The third kappa shape index (κ3) is 3.15. The number of carbonyl (C=O) groups excluding carboxylic acids is 1. The van der Waals surface area contributed by atoms with Gasteiger partial charge < -0.3 is 19.2 Å². The highest BCUT2D eigenvalue weighted by Crippen LogP contribution is 2.17. The lowest BCUT2D eigenvalue weighted by molar-refractivity contribution is 0.0904. The van der Waals surface area contributed by atoms with Crippen molar-refractivity contribution in [1.82, 2.24) is 24.5 Å². The lowest BCUT2D eigenvalue weighted by Gasteiger charge is -2.19. The maximum Gasteiger partial charge on any atom is 0.251 e. The minimum absolute atomic E-state index is 0.165. The van der Waals surface area contributed by atoms with Gasteiger partial charge in [0.1, 0.15) is 11.8 Å². The Morgan fingerprint density at radius 3 is 3.12 bits per heavy atom. The highest BCUT2D eigenvalue weighted by atomic mass is 16.5. The van der Waals surface area contributed by atoms with E-state index in [1.165, 1.54) is 0 Å². The van der Waals surface area contributed by atoms with Crippen LogP contribution in [0, 0.1) is 6.92 Å². The number of hydrogen-bond donors (Lipinski definition) is 1. The first-order chi connectivity index (χ1) is 12.6. The van der Waals surface area contributed by atoms with E-state index in [9.17, 15) is 4.79 Å². The van der Waals surface area contributed by atoms with Crippen molar-refractivity contribution in [3.8, 4) is 5.75 Å². The molecule has 0 unspecified atom stereocenters. The zero-order valence-electron chi connectivity index (χ0n) is 14.8. The fraction of sp³-hybridized carbons (Fsp3) is 0.389. The third-order valence-electron chi connectivity index (χ3n) is 4.53. The summed E-state index contributed by atoms with van der Waals surface area (Å²) in [5.74, 6) is 0.511. The molecule has 0 saturated carbocycles. The van der Waals surface area contributed by atoms with Gasteiger partial charge in [0.15, 0.2) is 5.75 Å². The van der Waals surface area contributed by atoms with Crippen molar-refractivity contribution in [3.05, 3.63) is 48.2 Å². The number of nitrogens with one attached hydrogen (secondary N) is 1. The monoisotopic (exact) mass is 355 g/mol. The molecule has 26 heavy (non-hydrogen) atoms. The molecule has 0 spiro atoms. The molecule has 0 bridgehead atoms. The number of pyridine rings is 1. The summed E-state index contributed by atoms with van der Waals surface area (Å²) in [5, 5.41) is 7.20. The van der Waals surface area contributed by atoms with Crippen LogP contribution in [0.1, 0.15) is 23.0 Å². The Morgan fingerprint density at radius 2 is 2.31 bits per heavy atom. The summed E-state index contributed by atoms with van der Waals surface area (Å²) in [6.07, 6.45) is 6.90. The van der Waals surface area contributed by atoms with E-state index in [0.29, 0.717) is 24.5 Å². The summed E-state index contributed by atoms with van der Waals surface area (Å²) in [6, 6.07) is 3.35. The van der Waals surface area contributed by atoms with Gasteiger partial charge in [-0.25, -0.2) is 4.98 Å². The van der Waals surface area contributed by atoms with Gasteiger partial charge in [0.2, 0.25) is 0 Å². The van der Waals surface area contributed by atoms with E-state index in [-0.39, 0.29) is 18.1 Å². The number of amides is 1. The van der Waals surface area contributed by atoms with Crippen molar-refractivity contribution in [2.75, 3.05) is 13.2 Å². The van der Waals surface area contributed by atoms with E-state index in [1.54, 1.807) is 29.2 Å². The first kappa shape index (κ1) is 16.6. The van der Waals surface area contributed by atoms with Crippen LogP contribution in [0.2, 0.25) is 0 Å². The molecule has 136 valence electrons. The van der Waals surface area contributed by atoms with Crippen molar-refractivity contribution in [2.45, 2.75) is 32.5 Å². The summed E-state index contributed by atoms with van der Waals surface area (Å²) >= 11 is 0. The van der Waals surface area contributed by atoms with Crippen LogP contribution < -0.4 is 10.1 Å². The largest absolute Gasteiger partial charge is 0.482 e. The molecule has 3 aromatic rings. The number of ether oxygens (including phenoxy) is 2. The molecule has 1 aliphatic heterocycles. The Bertz CT molecular complexity index is 932. The molecule has 2 atom stereocenters. The van der Waals surface area contributed by atoms with Gasteiger partial charge in [-0.3, -0.25) is 9.48 Å².